The van der Waals surface area contributed by atoms with Crippen LogP contribution in [0.5, 0.6) is 0 Å². The summed E-state index contributed by atoms with van der Waals surface area (Å²) in [6.07, 6.45) is 5.70. The molecule has 8 rings (SSSR count). The lowest BCUT2D eigenvalue weighted by molar-refractivity contribution is -0.132. The average Bonchev–Trinajstić information content (AvgIpc) is 3.89. The summed E-state index contributed by atoms with van der Waals surface area (Å²) in [5.41, 5.74) is 4.45. The van der Waals surface area contributed by atoms with Crippen molar-refractivity contribution in [3.63, 3.8) is 0 Å². The van der Waals surface area contributed by atoms with Crippen molar-refractivity contribution in [1.29, 1.82) is 0 Å². The van der Waals surface area contributed by atoms with Gasteiger partial charge in [-0.25, -0.2) is 13.8 Å². The standard InChI is InChI=1S/C35H39F2N9O2/c1-42-23-38-31(41-42)26-4-2-24(3-5-26)25-8-14-44(15-9-25)30(47)21-43-16-10-34(22-43)11-19-46(33(34)48)27-6-7-29-28(20-27)32(40-39-29)45-17-12-35(36,37)13-18-45/h2-8,20,23H,9-19,21-22H2,1H3,(H,39,40). The molecule has 4 aliphatic heterocycles. The molecular formula is C35H39F2N9O2. The van der Waals surface area contributed by atoms with Gasteiger partial charge in [-0.05, 0) is 55.1 Å². The monoisotopic (exact) mass is 655 g/mol. The average molecular weight is 656 g/mol. The smallest absolute Gasteiger partial charge is 0.251 e. The fraction of sp³-hybridized carbons (Fsp3) is 0.457. The number of hydrogen-bond acceptors (Lipinski definition) is 7. The van der Waals surface area contributed by atoms with E-state index in [0.717, 1.165) is 47.0 Å². The first kappa shape index (κ1) is 30.7. The second kappa shape index (κ2) is 11.8. The molecule has 0 bridgehead atoms. The third kappa shape index (κ3) is 5.63. The Hall–Kier alpha value is -4.65. The number of halogens is 2. The molecule has 2 amide bonds. The highest BCUT2D eigenvalue weighted by atomic mass is 19.3. The molecule has 3 fully saturated rings. The largest absolute Gasteiger partial charge is 0.354 e. The van der Waals surface area contributed by atoms with Gasteiger partial charge in [-0.2, -0.15) is 10.2 Å². The van der Waals surface area contributed by atoms with Gasteiger partial charge in [0.2, 0.25) is 11.8 Å². The summed E-state index contributed by atoms with van der Waals surface area (Å²) in [5.74, 6) is -1.09. The van der Waals surface area contributed by atoms with Crippen molar-refractivity contribution in [2.24, 2.45) is 12.5 Å². The molecule has 1 atom stereocenters. The molecule has 0 aliphatic carbocycles. The second-order valence-corrected chi connectivity index (χ2v) is 13.7. The molecule has 2 aromatic heterocycles. The van der Waals surface area contributed by atoms with Crippen LogP contribution < -0.4 is 9.80 Å². The molecular weight excluding hydrogens is 616 g/mol. The Labute approximate surface area is 277 Å². The molecule has 4 aromatic rings. The predicted octanol–water partition coefficient (Wildman–Crippen LogP) is 4.34. The molecule has 11 nitrogen and oxygen atoms in total. The Bertz CT molecular complexity index is 1890. The minimum absolute atomic E-state index is 0.0923. The van der Waals surface area contributed by atoms with E-state index in [0.29, 0.717) is 50.9 Å². The van der Waals surface area contributed by atoms with Crippen molar-refractivity contribution in [3.8, 4) is 11.4 Å². The zero-order valence-corrected chi connectivity index (χ0v) is 27.0. The topological polar surface area (TPSA) is 106 Å². The number of amides is 2. The quantitative estimate of drug-likeness (QED) is 0.330. The number of fused-ring (bicyclic) bond motifs is 1. The van der Waals surface area contributed by atoms with Gasteiger partial charge >= 0.3 is 0 Å². The van der Waals surface area contributed by atoms with Crippen LogP contribution in [-0.4, -0.2) is 105 Å². The van der Waals surface area contributed by atoms with Crippen molar-refractivity contribution >= 4 is 39.8 Å². The molecule has 0 saturated carbocycles. The van der Waals surface area contributed by atoms with Gasteiger partial charge in [-0.15, -0.1) is 0 Å². The van der Waals surface area contributed by atoms with E-state index in [1.807, 2.05) is 52.1 Å². The number of likely N-dealkylation sites (tertiary alicyclic amines) is 1. The normalized spacial score (nSPS) is 23.1. The third-order valence-electron chi connectivity index (χ3n) is 10.6. The van der Waals surface area contributed by atoms with Crippen LogP contribution in [0.3, 0.4) is 0 Å². The molecule has 13 heteroatoms. The van der Waals surface area contributed by atoms with E-state index < -0.39 is 11.3 Å². The van der Waals surface area contributed by atoms with Gasteiger partial charge in [-0.1, -0.05) is 30.3 Å². The molecule has 250 valence electrons. The zero-order chi connectivity index (χ0) is 33.0. The lowest BCUT2D eigenvalue weighted by Crippen LogP contribution is -2.43. The Morgan fingerprint density at radius 3 is 2.46 bits per heavy atom. The Morgan fingerprint density at radius 2 is 1.73 bits per heavy atom. The van der Waals surface area contributed by atoms with Gasteiger partial charge < -0.3 is 14.7 Å². The minimum Gasteiger partial charge on any atom is -0.354 e. The maximum atomic E-state index is 13.9. The number of anilines is 2. The van der Waals surface area contributed by atoms with Crippen molar-refractivity contribution < 1.29 is 18.4 Å². The summed E-state index contributed by atoms with van der Waals surface area (Å²) >= 11 is 0. The molecule has 6 heterocycles. The van der Waals surface area contributed by atoms with Crippen LogP contribution in [0.4, 0.5) is 20.3 Å². The molecule has 2 aromatic carbocycles. The first-order valence-corrected chi connectivity index (χ1v) is 16.7. The van der Waals surface area contributed by atoms with Gasteiger partial charge in [0.05, 0.1) is 17.5 Å². The van der Waals surface area contributed by atoms with E-state index in [9.17, 15) is 18.4 Å². The predicted molar refractivity (Wildman–Crippen MR) is 179 cm³/mol. The van der Waals surface area contributed by atoms with Crippen LogP contribution in [0.15, 0.2) is 54.9 Å². The Kier molecular flexibility index (Phi) is 7.54. The maximum Gasteiger partial charge on any atom is 0.251 e. The maximum absolute atomic E-state index is 13.9. The summed E-state index contributed by atoms with van der Waals surface area (Å²) in [6, 6.07) is 14.0. The first-order valence-electron chi connectivity index (χ1n) is 16.7. The number of carbonyl (C=O) groups is 2. The number of H-pyrrole nitrogens is 1. The number of carbonyl (C=O) groups excluding carboxylic acids is 2. The van der Waals surface area contributed by atoms with Crippen LogP contribution >= 0.6 is 0 Å². The van der Waals surface area contributed by atoms with Crippen molar-refractivity contribution in [2.45, 2.75) is 38.0 Å². The lowest BCUT2D eigenvalue weighted by atomic mass is 9.85. The molecule has 1 unspecified atom stereocenters. The van der Waals surface area contributed by atoms with Crippen LogP contribution in [0, 0.1) is 5.41 Å². The van der Waals surface area contributed by atoms with E-state index in [-0.39, 0.29) is 37.7 Å². The molecule has 0 radical (unpaired) electrons. The van der Waals surface area contributed by atoms with Gasteiger partial charge in [0.1, 0.15) is 6.33 Å². The molecule has 1 N–H and O–H groups in total. The number of nitrogens with zero attached hydrogens (tertiary/aromatic N) is 8. The number of benzene rings is 2. The summed E-state index contributed by atoms with van der Waals surface area (Å²) in [6.45, 7) is 3.92. The fourth-order valence-corrected chi connectivity index (χ4v) is 7.74. The SMILES string of the molecule is Cn1cnc(-c2ccc(C3=CCN(C(=O)CN4CCC5(CCN(c6ccc7[nH]nc(N8CCC(F)(F)CC8)c7c6)C5=O)C4)CC3)cc2)n1. The number of aryl methyl sites for hydroxylation is 1. The van der Waals surface area contributed by atoms with E-state index in [1.54, 1.807) is 11.0 Å². The number of hydrogen-bond donors (Lipinski definition) is 1. The van der Waals surface area contributed by atoms with Crippen LogP contribution in [0.1, 0.15) is 37.7 Å². The highest BCUT2D eigenvalue weighted by Gasteiger charge is 2.51. The van der Waals surface area contributed by atoms with E-state index in [4.69, 9.17) is 0 Å². The lowest BCUT2D eigenvalue weighted by Gasteiger charge is -2.32. The number of rotatable bonds is 6. The number of piperidine rings is 1. The second-order valence-electron chi connectivity index (χ2n) is 13.7. The van der Waals surface area contributed by atoms with E-state index in [1.165, 1.54) is 5.57 Å². The van der Waals surface area contributed by atoms with Crippen molar-refractivity contribution in [2.75, 3.05) is 62.2 Å². The number of alkyl halides is 2. The van der Waals surface area contributed by atoms with Gasteiger partial charge in [0, 0.05) is 75.8 Å². The highest BCUT2D eigenvalue weighted by molar-refractivity contribution is 6.03. The summed E-state index contributed by atoms with van der Waals surface area (Å²) in [5, 5.41) is 12.7. The Balaban J connectivity index is 0.879. The third-order valence-corrected chi connectivity index (χ3v) is 10.6. The van der Waals surface area contributed by atoms with Gasteiger partial charge in [0.25, 0.3) is 5.92 Å². The summed E-state index contributed by atoms with van der Waals surface area (Å²) in [4.78, 5) is 39.4. The van der Waals surface area contributed by atoms with Crippen LogP contribution in [-0.2, 0) is 16.6 Å². The summed E-state index contributed by atoms with van der Waals surface area (Å²) in [7, 11) is 1.85. The van der Waals surface area contributed by atoms with Crippen molar-refractivity contribution in [3.05, 3.63) is 60.4 Å². The van der Waals surface area contributed by atoms with E-state index in [2.05, 4.69) is 43.4 Å². The highest BCUT2D eigenvalue weighted by Crippen LogP contribution is 2.43. The van der Waals surface area contributed by atoms with Crippen LogP contribution in [0.25, 0.3) is 27.9 Å². The Morgan fingerprint density at radius 1 is 0.958 bits per heavy atom. The molecule has 1 spiro atoms. The van der Waals surface area contributed by atoms with Gasteiger partial charge in [0.15, 0.2) is 11.6 Å². The van der Waals surface area contributed by atoms with Crippen LogP contribution in [0.2, 0.25) is 0 Å². The minimum atomic E-state index is -2.63. The van der Waals surface area contributed by atoms with E-state index >= 15 is 0 Å². The number of nitrogens with one attached hydrogen (secondary N) is 1. The van der Waals surface area contributed by atoms with Gasteiger partial charge in [-0.3, -0.25) is 24.3 Å². The first-order chi connectivity index (χ1) is 23.2. The molecule has 3 saturated heterocycles. The van der Waals surface area contributed by atoms with Crippen molar-refractivity contribution in [1.82, 2.24) is 34.8 Å². The number of aromatic amines is 1. The number of aromatic nitrogens is 5. The summed E-state index contributed by atoms with van der Waals surface area (Å²) < 4.78 is 29.2. The molecule has 48 heavy (non-hydrogen) atoms. The fourth-order valence-electron chi connectivity index (χ4n) is 7.74. The molecule has 4 aliphatic rings. The zero-order valence-electron chi connectivity index (χ0n) is 27.0.